The second-order valence-electron chi connectivity index (χ2n) is 5.84. The van der Waals surface area contributed by atoms with E-state index in [-0.39, 0.29) is 0 Å². The highest BCUT2D eigenvalue weighted by Crippen LogP contribution is 2.23. The Morgan fingerprint density at radius 3 is 2.05 bits per heavy atom. The third kappa shape index (κ3) is 4.92. The molecule has 0 spiro atoms. The van der Waals surface area contributed by atoms with Gasteiger partial charge >= 0.3 is 0 Å². The molecule has 1 unspecified atom stereocenters. The molecular weight excluding hydrogens is 244 g/mol. The lowest BCUT2D eigenvalue weighted by Gasteiger charge is -2.31. The van der Waals surface area contributed by atoms with Crippen LogP contribution in [0.15, 0.2) is 18.2 Å². The molecule has 0 heterocycles. The van der Waals surface area contributed by atoms with Gasteiger partial charge in [-0.3, -0.25) is 4.90 Å². The van der Waals surface area contributed by atoms with Gasteiger partial charge in [0.05, 0.1) is 0 Å². The van der Waals surface area contributed by atoms with E-state index in [1.165, 1.54) is 42.4 Å². The highest BCUT2D eigenvalue weighted by Gasteiger charge is 2.18. The van der Waals surface area contributed by atoms with Gasteiger partial charge in [0.2, 0.25) is 0 Å². The second kappa shape index (κ2) is 9.15. The number of nitrogens with two attached hydrogens (primary N) is 1. The molecule has 114 valence electrons. The molecule has 2 nitrogen and oxygen atoms in total. The Balaban J connectivity index is 2.88. The minimum absolute atomic E-state index is 0.368. The zero-order valence-electron chi connectivity index (χ0n) is 13.8. The lowest BCUT2D eigenvalue weighted by Crippen LogP contribution is -2.35. The number of benzene rings is 1. The summed E-state index contributed by atoms with van der Waals surface area (Å²) in [5, 5.41) is 0. The standard InChI is InChI=1S/C18H32N2/c1-5-7-11-20(12-8-6-2)18(14-19)17-10-9-15(3)16(4)13-17/h9-10,13,18H,5-8,11-12,14,19H2,1-4H3. The first-order chi connectivity index (χ1) is 9.63. The summed E-state index contributed by atoms with van der Waals surface area (Å²) in [6, 6.07) is 7.17. The molecule has 0 aliphatic rings. The van der Waals surface area contributed by atoms with Crippen molar-refractivity contribution in [1.29, 1.82) is 0 Å². The molecule has 20 heavy (non-hydrogen) atoms. The summed E-state index contributed by atoms with van der Waals surface area (Å²) >= 11 is 0. The highest BCUT2D eigenvalue weighted by molar-refractivity contribution is 5.32. The van der Waals surface area contributed by atoms with Crippen molar-refractivity contribution in [3.63, 3.8) is 0 Å². The van der Waals surface area contributed by atoms with Crippen LogP contribution < -0.4 is 5.73 Å². The quantitative estimate of drug-likeness (QED) is 0.732. The van der Waals surface area contributed by atoms with E-state index in [0.717, 1.165) is 13.1 Å². The molecule has 0 saturated carbocycles. The molecule has 2 N–H and O–H groups in total. The Morgan fingerprint density at radius 1 is 1.00 bits per heavy atom. The predicted octanol–water partition coefficient (Wildman–Crippen LogP) is 4.21. The minimum Gasteiger partial charge on any atom is -0.329 e. The van der Waals surface area contributed by atoms with Gasteiger partial charge in [-0.05, 0) is 56.5 Å². The smallest absolute Gasteiger partial charge is 0.0470 e. The fourth-order valence-corrected chi connectivity index (χ4v) is 2.61. The fraction of sp³-hybridized carbons (Fsp3) is 0.667. The zero-order valence-corrected chi connectivity index (χ0v) is 13.8. The summed E-state index contributed by atoms with van der Waals surface area (Å²) in [7, 11) is 0. The SMILES string of the molecule is CCCCN(CCCC)C(CN)c1ccc(C)c(C)c1. The molecule has 0 aromatic heterocycles. The van der Waals surface area contributed by atoms with Crippen LogP contribution >= 0.6 is 0 Å². The Morgan fingerprint density at radius 2 is 1.60 bits per heavy atom. The zero-order chi connectivity index (χ0) is 15.0. The monoisotopic (exact) mass is 276 g/mol. The van der Waals surface area contributed by atoms with E-state index in [2.05, 4.69) is 50.8 Å². The Kier molecular flexibility index (Phi) is 7.86. The predicted molar refractivity (Wildman–Crippen MR) is 89.1 cm³/mol. The van der Waals surface area contributed by atoms with Crippen molar-refractivity contribution in [3.8, 4) is 0 Å². The van der Waals surface area contributed by atoms with Gasteiger partial charge in [-0.25, -0.2) is 0 Å². The van der Waals surface area contributed by atoms with Gasteiger partial charge in [0, 0.05) is 12.6 Å². The summed E-state index contributed by atoms with van der Waals surface area (Å²) in [5.74, 6) is 0. The molecule has 0 bridgehead atoms. The lowest BCUT2D eigenvalue weighted by molar-refractivity contribution is 0.195. The number of aryl methyl sites for hydroxylation is 2. The third-order valence-corrected chi connectivity index (χ3v) is 4.18. The number of hydrogen-bond donors (Lipinski definition) is 1. The van der Waals surface area contributed by atoms with Gasteiger partial charge in [-0.1, -0.05) is 44.9 Å². The molecular formula is C18H32N2. The minimum atomic E-state index is 0.368. The van der Waals surface area contributed by atoms with Crippen molar-refractivity contribution in [2.45, 2.75) is 59.4 Å². The van der Waals surface area contributed by atoms with E-state index < -0.39 is 0 Å². The topological polar surface area (TPSA) is 29.3 Å². The van der Waals surface area contributed by atoms with Crippen LogP contribution in [0.25, 0.3) is 0 Å². The average molecular weight is 276 g/mol. The summed E-state index contributed by atoms with van der Waals surface area (Å²) < 4.78 is 0. The van der Waals surface area contributed by atoms with Gasteiger partial charge in [-0.15, -0.1) is 0 Å². The first-order valence-corrected chi connectivity index (χ1v) is 8.15. The number of rotatable bonds is 9. The Labute approximate surface area is 125 Å². The molecule has 1 rings (SSSR count). The Bertz CT molecular complexity index is 379. The maximum Gasteiger partial charge on any atom is 0.0470 e. The Hall–Kier alpha value is -0.860. The molecule has 0 radical (unpaired) electrons. The molecule has 1 aromatic rings. The summed E-state index contributed by atoms with van der Waals surface area (Å²) in [4.78, 5) is 2.58. The fourth-order valence-electron chi connectivity index (χ4n) is 2.61. The van der Waals surface area contributed by atoms with E-state index in [9.17, 15) is 0 Å². The first kappa shape index (κ1) is 17.2. The van der Waals surface area contributed by atoms with Crippen LogP contribution in [0.1, 0.15) is 62.3 Å². The highest BCUT2D eigenvalue weighted by atomic mass is 15.2. The summed E-state index contributed by atoms with van der Waals surface area (Å²) in [6.07, 6.45) is 5.00. The van der Waals surface area contributed by atoms with Gasteiger partial charge in [-0.2, -0.15) is 0 Å². The van der Waals surface area contributed by atoms with Crippen LogP contribution in [-0.4, -0.2) is 24.5 Å². The van der Waals surface area contributed by atoms with Crippen LogP contribution in [0.5, 0.6) is 0 Å². The largest absolute Gasteiger partial charge is 0.329 e. The third-order valence-electron chi connectivity index (χ3n) is 4.18. The van der Waals surface area contributed by atoms with Gasteiger partial charge in [0.25, 0.3) is 0 Å². The van der Waals surface area contributed by atoms with Crippen molar-refractivity contribution in [3.05, 3.63) is 34.9 Å². The van der Waals surface area contributed by atoms with E-state index >= 15 is 0 Å². The molecule has 0 amide bonds. The van der Waals surface area contributed by atoms with E-state index in [0.29, 0.717) is 12.6 Å². The number of unbranched alkanes of at least 4 members (excludes halogenated alkanes) is 2. The molecule has 0 fully saturated rings. The van der Waals surface area contributed by atoms with Crippen molar-refractivity contribution in [2.24, 2.45) is 5.73 Å². The number of hydrogen-bond acceptors (Lipinski definition) is 2. The first-order valence-electron chi connectivity index (χ1n) is 8.15. The summed E-state index contributed by atoms with van der Waals surface area (Å²) in [6.45, 7) is 11.9. The van der Waals surface area contributed by atoms with Crippen molar-refractivity contribution < 1.29 is 0 Å². The molecule has 0 aliphatic heterocycles. The maximum atomic E-state index is 6.10. The van der Waals surface area contributed by atoms with Crippen LogP contribution in [0.2, 0.25) is 0 Å². The van der Waals surface area contributed by atoms with Gasteiger partial charge < -0.3 is 5.73 Å². The second-order valence-corrected chi connectivity index (χ2v) is 5.84. The normalized spacial score (nSPS) is 12.9. The van der Waals surface area contributed by atoms with Gasteiger partial charge in [0.15, 0.2) is 0 Å². The van der Waals surface area contributed by atoms with Crippen LogP contribution in [0.3, 0.4) is 0 Å². The van der Waals surface area contributed by atoms with Crippen LogP contribution in [0.4, 0.5) is 0 Å². The molecule has 1 atom stereocenters. The van der Waals surface area contributed by atoms with Crippen molar-refractivity contribution >= 4 is 0 Å². The van der Waals surface area contributed by atoms with E-state index in [4.69, 9.17) is 5.73 Å². The van der Waals surface area contributed by atoms with Crippen molar-refractivity contribution in [2.75, 3.05) is 19.6 Å². The molecule has 2 heteroatoms. The maximum absolute atomic E-state index is 6.10. The van der Waals surface area contributed by atoms with Crippen LogP contribution in [0, 0.1) is 13.8 Å². The van der Waals surface area contributed by atoms with E-state index in [1.54, 1.807) is 0 Å². The number of nitrogens with zero attached hydrogens (tertiary/aromatic N) is 1. The molecule has 1 aromatic carbocycles. The van der Waals surface area contributed by atoms with Crippen molar-refractivity contribution in [1.82, 2.24) is 4.90 Å². The van der Waals surface area contributed by atoms with Gasteiger partial charge in [0.1, 0.15) is 0 Å². The molecule has 0 saturated heterocycles. The average Bonchev–Trinajstić information content (AvgIpc) is 2.45. The van der Waals surface area contributed by atoms with Crippen LogP contribution in [-0.2, 0) is 0 Å². The lowest BCUT2D eigenvalue weighted by atomic mass is 9.99. The summed E-state index contributed by atoms with van der Waals surface area (Å²) in [5.41, 5.74) is 10.2. The molecule has 0 aliphatic carbocycles. The van der Waals surface area contributed by atoms with E-state index in [1.807, 2.05) is 0 Å².